The first-order valence-electron chi connectivity index (χ1n) is 5.67. The molecular formula is C14H17N2P. The predicted molar refractivity (Wildman–Crippen MR) is 76.2 cm³/mol. The maximum Gasteiger partial charge on any atom is 0.0178 e. The topological polar surface area (TPSA) is 52.0 Å². The minimum atomic E-state index is 0.606. The van der Waals surface area contributed by atoms with Gasteiger partial charge in [0.1, 0.15) is 0 Å². The van der Waals surface area contributed by atoms with E-state index in [2.05, 4.69) is 48.5 Å². The average Bonchev–Trinajstić information content (AvgIpc) is 2.40. The van der Waals surface area contributed by atoms with Crippen molar-refractivity contribution < 1.29 is 0 Å². The lowest BCUT2D eigenvalue weighted by Gasteiger charge is -2.04. The lowest BCUT2D eigenvalue weighted by Crippen LogP contribution is -2.05. The van der Waals surface area contributed by atoms with Crippen molar-refractivity contribution in [3.63, 3.8) is 0 Å². The molecule has 0 aliphatic rings. The molecule has 0 unspecified atom stereocenters. The van der Waals surface area contributed by atoms with Gasteiger partial charge in [-0.2, -0.15) is 0 Å². The first-order valence-corrected chi connectivity index (χ1v) is 6.67. The molecular weight excluding hydrogens is 227 g/mol. The molecule has 0 aromatic heterocycles. The van der Waals surface area contributed by atoms with Gasteiger partial charge >= 0.3 is 0 Å². The second kappa shape index (κ2) is 5.92. The summed E-state index contributed by atoms with van der Waals surface area (Å²) in [5.41, 5.74) is 13.5. The van der Waals surface area contributed by atoms with Crippen LogP contribution in [0, 0.1) is 0 Å². The molecule has 3 heteroatoms. The Hall–Kier alpha value is -1.21. The Morgan fingerprint density at radius 3 is 1.29 bits per heavy atom. The van der Waals surface area contributed by atoms with E-state index in [-0.39, 0.29) is 0 Å². The van der Waals surface area contributed by atoms with Crippen molar-refractivity contribution in [1.29, 1.82) is 0 Å². The zero-order valence-corrected chi connectivity index (χ0v) is 10.7. The molecule has 0 spiro atoms. The predicted octanol–water partition coefficient (Wildman–Crippen LogP) is 1.23. The van der Waals surface area contributed by atoms with Crippen LogP contribution in [0.25, 0.3) is 0 Å². The van der Waals surface area contributed by atoms with Gasteiger partial charge in [0.25, 0.3) is 0 Å². The lowest BCUT2D eigenvalue weighted by molar-refractivity contribution is 1.07. The van der Waals surface area contributed by atoms with E-state index in [0.29, 0.717) is 21.7 Å². The fraction of sp³-hybridized carbons (Fsp3) is 0.143. The minimum Gasteiger partial charge on any atom is -0.326 e. The van der Waals surface area contributed by atoms with Gasteiger partial charge in [-0.25, -0.2) is 0 Å². The van der Waals surface area contributed by atoms with Crippen LogP contribution in [0.1, 0.15) is 11.1 Å². The zero-order chi connectivity index (χ0) is 12.1. The summed E-state index contributed by atoms with van der Waals surface area (Å²) < 4.78 is 0. The molecule has 17 heavy (non-hydrogen) atoms. The van der Waals surface area contributed by atoms with Crippen molar-refractivity contribution in [2.75, 3.05) is 0 Å². The van der Waals surface area contributed by atoms with Gasteiger partial charge in [0, 0.05) is 13.1 Å². The lowest BCUT2D eigenvalue weighted by atomic mass is 10.2. The Balaban J connectivity index is 2.08. The van der Waals surface area contributed by atoms with Crippen molar-refractivity contribution >= 4 is 19.2 Å². The van der Waals surface area contributed by atoms with Gasteiger partial charge in [-0.1, -0.05) is 57.1 Å². The summed E-state index contributed by atoms with van der Waals surface area (Å²) >= 11 is 0. The summed E-state index contributed by atoms with van der Waals surface area (Å²) in [6.45, 7) is 1.21. The summed E-state index contributed by atoms with van der Waals surface area (Å²) in [4.78, 5) is 0. The fourth-order valence-corrected chi connectivity index (χ4v) is 2.61. The summed E-state index contributed by atoms with van der Waals surface area (Å²) in [5, 5.41) is 2.67. The molecule has 0 saturated carbocycles. The van der Waals surface area contributed by atoms with Crippen molar-refractivity contribution in [1.82, 2.24) is 0 Å². The summed E-state index contributed by atoms with van der Waals surface area (Å²) in [5.74, 6) is 0. The largest absolute Gasteiger partial charge is 0.326 e. The molecule has 0 aliphatic carbocycles. The third-order valence-electron chi connectivity index (χ3n) is 2.67. The van der Waals surface area contributed by atoms with Crippen molar-refractivity contribution in [2.45, 2.75) is 13.1 Å². The smallest absolute Gasteiger partial charge is 0.0178 e. The van der Waals surface area contributed by atoms with Crippen LogP contribution in [0.4, 0.5) is 0 Å². The van der Waals surface area contributed by atoms with Gasteiger partial charge in [-0.15, -0.1) is 0 Å². The van der Waals surface area contributed by atoms with Crippen LogP contribution in [0.3, 0.4) is 0 Å². The molecule has 2 aromatic carbocycles. The molecule has 2 nitrogen and oxygen atoms in total. The molecule has 2 aromatic rings. The van der Waals surface area contributed by atoms with E-state index in [4.69, 9.17) is 11.5 Å². The maximum absolute atomic E-state index is 5.57. The minimum absolute atomic E-state index is 0.606. The molecule has 0 heterocycles. The second-order valence-electron chi connectivity index (χ2n) is 3.93. The first-order chi connectivity index (χ1) is 8.31. The molecule has 0 bridgehead atoms. The number of benzene rings is 2. The summed E-state index contributed by atoms with van der Waals surface area (Å²) in [6, 6.07) is 17.0. The molecule has 4 N–H and O–H groups in total. The average molecular weight is 244 g/mol. The van der Waals surface area contributed by atoms with E-state index in [1.54, 1.807) is 0 Å². The van der Waals surface area contributed by atoms with Gasteiger partial charge in [0.05, 0.1) is 0 Å². The van der Waals surface area contributed by atoms with Gasteiger partial charge in [0.2, 0.25) is 0 Å². The number of rotatable bonds is 4. The van der Waals surface area contributed by atoms with E-state index in [9.17, 15) is 0 Å². The SMILES string of the molecule is NCc1ccc(Pc2ccc(CN)cc2)cc1. The molecule has 0 aliphatic heterocycles. The Bertz CT molecular complexity index is 417. The summed E-state index contributed by atoms with van der Waals surface area (Å²) in [7, 11) is 0.691. The molecule has 0 saturated heterocycles. The highest BCUT2D eigenvalue weighted by molar-refractivity contribution is 7.55. The Morgan fingerprint density at radius 1 is 0.647 bits per heavy atom. The van der Waals surface area contributed by atoms with Crippen molar-refractivity contribution in [3.8, 4) is 0 Å². The highest BCUT2D eigenvalue weighted by Crippen LogP contribution is 2.11. The maximum atomic E-state index is 5.57. The molecule has 88 valence electrons. The van der Waals surface area contributed by atoms with Gasteiger partial charge in [-0.3, -0.25) is 0 Å². The van der Waals surface area contributed by atoms with E-state index in [1.165, 1.54) is 21.7 Å². The monoisotopic (exact) mass is 244 g/mol. The second-order valence-corrected chi connectivity index (χ2v) is 5.33. The fourth-order valence-electron chi connectivity index (χ4n) is 1.61. The number of hydrogen-bond acceptors (Lipinski definition) is 2. The van der Waals surface area contributed by atoms with Gasteiger partial charge in [-0.05, 0) is 21.7 Å². The van der Waals surface area contributed by atoms with Crippen molar-refractivity contribution in [3.05, 3.63) is 59.7 Å². The molecule has 0 fully saturated rings. The van der Waals surface area contributed by atoms with E-state index < -0.39 is 0 Å². The van der Waals surface area contributed by atoms with Crippen LogP contribution >= 0.6 is 8.58 Å². The van der Waals surface area contributed by atoms with Crippen LogP contribution in [0.2, 0.25) is 0 Å². The van der Waals surface area contributed by atoms with Crippen LogP contribution in [0.5, 0.6) is 0 Å². The standard InChI is InChI=1S/C14H17N2P/c15-9-11-1-5-13(6-2-11)17-14-7-3-12(10-16)4-8-14/h1-8,17H,9-10,15-16H2. The van der Waals surface area contributed by atoms with Crippen LogP contribution in [-0.4, -0.2) is 0 Å². The highest BCUT2D eigenvalue weighted by Gasteiger charge is 1.97. The van der Waals surface area contributed by atoms with E-state index in [0.717, 1.165) is 0 Å². The van der Waals surface area contributed by atoms with Gasteiger partial charge < -0.3 is 11.5 Å². The highest BCUT2D eigenvalue weighted by atomic mass is 31.1. The molecule has 0 atom stereocenters. The van der Waals surface area contributed by atoms with Crippen molar-refractivity contribution in [2.24, 2.45) is 11.5 Å². The Morgan fingerprint density at radius 2 is 1.00 bits per heavy atom. The van der Waals surface area contributed by atoms with Crippen LogP contribution in [0.15, 0.2) is 48.5 Å². The van der Waals surface area contributed by atoms with E-state index >= 15 is 0 Å². The molecule has 0 radical (unpaired) electrons. The van der Waals surface area contributed by atoms with Crippen LogP contribution < -0.4 is 22.1 Å². The first kappa shape index (κ1) is 12.3. The van der Waals surface area contributed by atoms with Gasteiger partial charge in [0.15, 0.2) is 0 Å². The normalized spacial score (nSPS) is 10.5. The van der Waals surface area contributed by atoms with Crippen LogP contribution in [-0.2, 0) is 13.1 Å². The number of hydrogen-bond donors (Lipinski definition) is 2. The molecule has 2 rings (SSSR count). The zero-order valence-electron chi connectivity index (χ0n) is 9.69. The quantitative estimate of drug-likeness (QED) is 0.795. The summed E-state index contributed by atoms with van der Waals surface area (Å²) in [6.07, 6.45) is 0. The Labute approximate surface area is 104 Å². The molecule has 0 amide bonds. The number of nitrogens with two attached hydrogens (primary N) is 2. The third kappa shape index (κ3) is 3.37. The van der Waals surface area contributed by atoms with E-state index in [1.807, 2.05) is 0 Å². The Kier molecular flexibility index (Phi) is 4.27. The third-order valence-corrected chi connectivity index (χ3v) is 3.91.